The normalized spacial score (nSPS) is 16.9. The van der Waals surface area contributed by atoms with E-state index in [2.05, 4.69) is 10.2 Å². The second-order valence-corrected chi connectivity index (χ2v) is 7.56. The number of benzene rings is 2. The van der Waals surface area contributed by atoms with Gasteiger partial charge in [0.1, 0.15) is 11.0 Å². The number of thioether (sulfide) groups is 1. The van der Waals surface area contributed by atoms with Crippen LogP contribution in [-0.2, 0) is 9.59 Å². The number of rotatable bonds is 7. The van der Waals surface area contributed by atoms with Gasteiger partial charge in [-0.05, 0) is 31.2 Å². The van der Waals surface area contributed by atoms with Crippen molar-refractivity contribution in [3.8, 4) is 5.75 Å². The maximum absolute atomic E-state index is 12.7. The summed E-state index contributed by atoms with van der Waals surface area (Å²) < 4.78 is 5.37. The summed E-state index contributed by atoms with van der Waals surface area (Å²) >= 11 is 0.941. The van der Waals surface area contributed by atoms with Crippen LogP contribution in [0.25, 0.3) is 0 Å². The smallest absolute Gasteiger partial charge is 0.270 e. The van der Waals surface area contributed by atoms with E-state index in [0.717, 1.165) is 16.7 Å². The predicted molar refractivity (Wildman–Crippen MR) is 118 cm³/mol. The lowest BCUT2D eigenvalue weighted by molar-refractivity contribution is -0.384. The van der Waals surface area contributed by atoms with E-state index in [1.165, 1.54) is 24.4 Å². The number of hydrogen-bond acceptors (Lipinski definition) is 8. The topological polar surface area (TPSA) is 140 Å². The van der Waals surface area contributed by atoms with Crippen LogP contribution >= 0.6 is 11.8 Å². The molecule has 31 heavy (non-hydrogen) atoms. The molecule has 1 saturated heterocycles. The summed E-state index contributed by atoms with van der Waals surface area (Å²) in [5.41, 5.74) is 6.70. The number of nitro groups is 1. The molecule has 1 atom stereocenters. The van der Waals surface area contributed by atoms with Gasteiger partial charge in [0.05, 0.1) is 23.4 Å². The number of imide groups is 1. The average Bonchev–Trinajstić information content (AvgIpc) is 3.02. The highest BCUT2D eigenvalue weighted by atomic mass is 32.2. The fraction of sp³-hybridized carbons (Fsp3) is 0.200. The molecule has 0 radical (unpaired) electrons. The number of nitrogens with zero attached hydrogens (tertiary/aromatic N) is 4. The van der Waals surface area contributed by atoms with Crippen molar-refractivity contribution in [2.24, 2.45) is 15.9 Å². The Morgan fingerprint density at radius 2 is 2.06 bits per heavy atom. The summed E-state index contributed by atoms with van der Waals surface area (Å²) in [5, 5.41) is 17.7. The zero-order valence-corrected chi connectivity index (χ0v) is 17.3. The molecule has 1 unspecified atom stereocenters. The highest BCUT2D eigenvalue weighted by molar-refractivity contribution is 8.14. The molecule has 2 aromatic carbocycles. The Morgan fingerprint density at radius 1 is 1.32 bits per heavy atom. The third-order valence-corrected chi connectivity index (χ3v) is 5.19. The summed E-state index contributed by atoms with van der Waals surface area (Å²) in [6, 6.07) is 12.5. The first-order chi connectivity index (χ1) is 14.9. The lowest BCUT2D eigenvalue weighted by atomic mass is 10.2. The molecule has 3 rings (SSSR count). The fourth-order valence-corrected chi connectivity index (χ4v) is 3.68. The molecule has 11 heteroatoms. The molecule has 0 bridgehead atoms. The SMILES string of the molecule is CCOc1ccc(N2C(=O)CC(SC(N)=NN=Cc3cccc([N+](=O)[O-])c3)C2=O)cc1. The summed E-state index contributed by atoms with van der Waals surface area (Å²) in [4.78, 5) is 36.5. The van der Waals surface area contributed by atoms with E-state index in [1.807, 2.05) is 6.92 Å². The van der Waals surface area contributed by atoms with Gasteiger partial charge in [0, 0.05) is 24.1 Å². The predicted octanol–water partition coefficient (Wildman–Crippen LogP) is 2.71. The van der Waals surface area contributed by atoms with Crippen molar-refractivity contribution in [3.63, 3.8) is 0 Å². The van der Waals surface area contributed by atoms with E-state index in [4.69, 9.17) is 10.5 Å². The minimum Gasteiger partial charge on any atom is -0.494 e. The molecule has 0 aliphatic carbocycles. The fourth-order valence-electron chi connectivity index (χ4n) is 2.87. The molecule has 0 aromatic heterocycles. The molecular weight excluding hydrogens is 422 g/mol. The number of hydrogen-bond donors (Lipinski definition) is 1. The molecule has 2 aromatic rings. The number of carbonyl (C=O) groups is 2. The first-order valence-electron chi connectivity index (χ1n) is 9.26. The summed E-state index contributed by atoms with van der Waals surface area (Å²) in [6.07, 6.45) is 1.30. The molecule has 0 saturated carbocycles. The number of non-ortho nitro benzene ring substituents is 1. The third kappa shape index (κ3) is 5.45. The van der Waals surface area contributed by atoms with E-state index in [-0.39, 0.29) is 29.1 Å². The molecular formula is C20H19N5O5S. The molecule has 1 fully saturated rings. The van der Waals surface area contributed by atoms with E-state index in [9.17, 15) is 19.7 Å². The van der Waals surface area contributed by atoms with Gasteiger partial charge < -0.3 is 10.5 Å². The zero-order chi connectivity index (χ0) is 22.4. The van der Waals surface area contributed by atoms with Crippen LogP contribution in [-0.4, -0.2) is 40.0 Å². The second kappa shape index (κ2) is 9.85. The number of ether oxygens (including phenoxy) is 1. The monoisotopic (exact) mass is 441 g/mol. The van der Waals surface area contributed by atoms with Gasteiger partial charge in [-0.3, -0.25) is 19.7 Å². The number of amidine groups is 1. The lowest BCUT2D eigenvalue weighted by Gasteiger charge is -2.15. The van der Waals surface area contributed by atoms with Crippen LogP contribution in [0.3, 0.4) is 0 Å². The Morgan fingerprint density at radius 3 is 2.74 bits per heavy atom. The number of anilines is 1. The summed E-state index contributed by atoms with van der Waals surface area (Å²) in [6.45, 7) is 2.38. The van der Waals surface area contributed by atoms with Gasteiger partial charge in [0.2, 0.25) is 11.8 Å². The largest absolute Gasteiger partial charge is 0.494 e. The average molecular weight is 441 g/mol. The van der Waals surface area contributed by atoms with Crippen LogP contribution in [0.4, 0.5) is 11.4 Å². The van der Waals surface area contributed by atoms with Crippen LogP contribution in [0.1, 0.15) is 18.9 Å². The van der Waals surface area contributed by atoms with Gasteiger partial charge in [-0.15, -0.1) is 5.10 Å². The van der Waals surface area contributed by atoms with E-state index < -0.39 is 10.2 Å². The Bertz CT molecular complexity index is 1050. The lowest BCUT2D eigenvalue weighted by Crippen LogP contribution is -2.31. The molecule has 10 nitrogen and oxygen atoms in total. The first-order valence-corrected chi connectivity index (χ1v) is 10.1. The van der Waals surface area contributed by atoms with Crippen LogP contribution < -0.4 is 15.4 Å². The van der Waals surface area contributed by atoms with E-state index in [1.54, 1.807) is 30.3 Å². The Labute approximate surface area is 181 Å². The van der Waals surface area contributed by atoms with Crippen LogP contribution in [0.2, 0.25) is 0 Å². The van der Waals surface area contributed by atoms with Crippen molar-refractivity contribution in [3.05, 3.63) is 64.2 Å². The highest BCUT2D eigenvalue weighted by Crippen LogP contribution is 2.30. The minimum absolute atomic E-state index is 0.00127. The molecule has 1 aliphatic rings. The standard InChI is InChI=1S/C20H19N5O5S/c1-2-30-16-8-6-14(7-9-16)24-18(26)11-17(19(24)27)31-20(21)23-22-12-13-4-3-5-15(10-13)25(28)29/h3-10,12,17H,2,11H2,1H3,(H2,21,23). The second-order valence-electron chi connectivity index (χ2n) is 6.34. The summed E-state index contributed by atoms with van der Waals surface area (Å²) in [5.74, 6) is -0.0752. The van der Waals surface area contributed by atoms with Gasteiger partial charge in [-0.25, -0.2) is 4.90 Å². The van der Waals surface area contributed by atoms with Crippen LogP contribution in [0, 0.1) is 10.1 Å². The molecule has 1 aliphatic heterocycles. The van der Waals surface area contributed by atoms with Gasteiger partial charge in [-0.2, -0.15) is 5.10 Å². The van der Waals surface area contributed by atoms with Crippen LogP contribution in [0.15, 0.2) is 58.7 Å². The van der Waals surface area contributed by atoms with E-state index >= 15 is 0 Å². The van der Waals surface area contributed by atoms with Crippen molar-refractivity contribution in [1.29, 1.82) is 0 Å². The van der Waals surface area contributed by atoms with Crippen molar-refractivity contribution >= 4 is 46.3 Å². The summed E-state index contributed by atoms with van der Waals surface area (Å²) in [7, 11) is 0. The number of nitrogens with two attached hydrogens (primary N) is 1. The maximum Gasteiger partial charge on any atom is 0.270 e. The van der Waals surface area contributed by atoms with Gasteiger partial charge in [-0.1, -0.05) is 23.9 Å². The van der Waals surface area contributed by atoms with Crippen molar-refractivity contribution < 1.29 is 19.2 Å². The van der Waals surface area contributed by atoms with Gasteiger partial charge >= 0.3 is 0 Å². The van der Waals surface area contributed by atoms with Crippen molar-refractivity contribution in [1.82, 2.24) is 0 Å². The first kappa shape index (κ1) is 22.0. The molecule has 0 spiro atoms. The van der Waals surface area contributed by atoms with Crippen LogP contribution in [0.5, 0.6) is 5.75 Å². The quantitative estimate of drug-likeness (QED) is 0.229. The van der Waals surface area contributed by atoms with Crippen molar-refractivity contribution in [2.45, 2.75) is 18.6 Å². The van der Waals surface area contributed by atoms with Gasteiger partial charge in [0.25, 0.3) is 5.69 Å². The minimum atomic E-state index is -0.712. The molecule has 2 amide bonds. The van der Waals surface area contributed by atoms with Gasteiger partial charge in [0.15, 0.2) is 5.17 Å². The molecule has 160 valence electrons. The van der Waals surface area contributed by atoms with Crippen molar-refractivity contribution in [2.75, 3.05) is 11.5 Å². The highest BCUT2D eigenvalue weighted by Gasteiger charge is 2.40. The number of nitro benzene ring substituents is 1. The van der Waals surface area contributed by atoms with E-state index in [0.29, 0.717) is 23.6 Å². The molecule has 1 heterocycles. The molecule has 2 N–H and O–H groups in total. The Hall–Kier alpha value is -3.73. The Kier molecular flexibility index (Phi) is 6.98. The Balaban J connectivity index is 1.64. The number of amides is 2. The third-order valence-electron chi connectivity index (χ3n) is 4.22. The number of carbonyl (C=O) groups excluding carboxylic acids is 2. The maximum atomic E-state index is 12.7. The zero-order valence-electron chi connectivity index (χ0n) is 16.5.